The Labute approximate surface area is 125 Å². The molecule has 0 radical (unpaired) electrons. The van der Waals surface area contributed by atoms with Crippen molar-refractivity contribution in [3.63, 3.8) is 0 Å². The predicted octanol–water partition coefficient (Wildman–Crippen LogP) is 2.74. The van der Waals surface area contributed by atoms with Gasteiger partial charge >= 0.3 is 0 Å². The number of methoxy groups -OCH3 is 1. The zero-order valence-corrected chi connectivity index (χ0v) is 12.6. The minimum Gasteiger partial charge on any atom is -0.496 e. The average molecular weight is 284 g/mol. The molecule has 2 aromatic rings. The zero-order chi connectivity index (χ0) is 15.4. The second-order valence-electron chi connectivity index (χ2n) is 4.88. The van der Waals surface area contributed by atoms with E-state index in [-0.39, 0.29) is 5.91 Å². The first-order chi connectivity index (χ1) is 10.1. The number of amides is 1. The normalized spacial score (nSPS) is 10.3. The number of rotatable bonds is 4. The van der Waals surface area contributed by atoms with Gasteiger partial charge in [0.15, 0.2) is 0 Å². The Balaban J connectivity index is 2.35. The van der Waals surface area contributed by atoms with Crippen LogP contribution in [0.3, 0.4) is 0 Å². The van der Waals surface area contributed by atoms with Crippen LogP contribution >= 0.6 is 0 Å². The third-order valence-corrected chi connectivity index (χ3v) is 3.53. The molecule has 0 saturated heterocycles. The SMILES string of the molecule is COc1cc(C(=O)N(C)c2ccccc2CN)ccc1C. The van der Waals surface area contributed by atoms with Crippen LogP contribution in [-0.4, -0.2) is 20.1 Å². The number of hydrogen-bond acceptors (Lipinski definition) is 3. The molecule has 0 aromatic heterocycles. The molecule has 0 unspecified atom stereocenters. The first-order valence-corrected chi connectivity index (χ1v) is 6.79. The number of ether oxygens (including phenoxy) is 1. The van der Waals surface area contributed by atoms with E-state index >= 15 is 0 Å². The number of para-hydroxylation sites is 1. The molecule has 110 valence electrons. The van der Waals surface area contributed by atoms with Crippen molar-refractivity contribution in [1.29, 1.82) is 0 Å². The second kappa shape index (κ2) is 6.41. The van der Waals surface area contributed by atoms with Gasteiger partial charge < -0.3 is 15.4 Å². The molecule has 1 amide bonds. The first-order valence-electron chi connectivity index (χ1n) is 6.79. The van der Waals surface area contributed by atoms with E-state index in [1.807, 2.05) is 43.3 Å². The number of nitrogens with zero attached hydrogens (tertiary/aromatic N) is 1. The lowest BCUT2D eigenvalue weighted by Crippen LogP contribution is -2.27. The summed E-state index contributed by atoms with van der Waals surface area (Å²) in [6.45, 7) is 2.34. The summed E-state index contributed by atoms with van der Waals surface area (Å²) < 4.78 is 5.28. The summed E-state index contributed by atoms with van der Waals surface area (Å²) in [5, 5.41) is 0. The highest BCUT2D eigenvalue weighted by Crippen LogP contribution is 2.23. The van der Waals surface area contributed by atoms with E-state index in [4.69, 9.17) is 10.5 Å². The lowest BCUT2D eigenvalue weighted by molar-refractivity contribution is 0.0992. The summed E-state index contributed by atoms with van der Waals surface area (Å²) in [4.78, 5) is 14.2. The number of anilines is 1. The van der Waals surface area contributed by atoms with Gasteiger partial charge in [0.2, 0.25) is 0 Å². The van der Waals surface area contributed by atoms with E-state index < -0.39 is 0 Å². The summed E-state index contributed by atoms with van der Waals surface area (Å²) in [6.07, 6.45) is 0. The molecule has 0 atom stereocenters. The maximum absolute atomic E-state index is 12.6. The largest absolute Gasteiger partial charge is 0.496 e. The molecule has 4 nitrogen and oxygen atoms in total. The number of aryl methyl sites for hydroxylation is 1. The number of carbonyl (C=O) groups excluding carboxylic acids is 1. The Kier molecular flexibility index (Phi) is 4.60. The molecule has 0 bridgehead atoms. The smallest absolute Gasteiger partial charge is 0.258 e. The number of benzene rings is 2. The van der Waals surface area contributed by atoms with Crippen molar-refractivity contribution in [2.24, 2.45) is 5.73 Å². The zero-order valence-electron chi connectivity index (χ0n) is 12.6. The molecule has 21 heavy (non-hydrogen) atoms. The van der Waals surface area contributed by atoms with Crippen LogP contribution in [0.1, 0.15) is 21.5 Å². The van der Waals surface area contributed by atoms with Gasteiger partial charge in [0.25, 0.3) is 5.91 Å². The third kappa shape index (κ3) is 3.06. The van der Waals surface area contributed by atoms with Crippen LogP contribution in [0.4, 0.5) is 5.69 Å². The van der Waals surface area contributed by atoms with E-state index in [1.165, 1.54) is 0 Å². The molecule has 4 heteroatoms. The predicted molar refractivity (Wildman–Crippen MR) is 84.8 cm³/mol. The molecule has 2 aromatic carbocycles. The van der Waals surface area contributed by atoms with Crippen LogP contribution in [0, 0.1) is 6.92 Å². The van der Waals surface area contributed by atoms with Gasteiger partial charge in [0.1, 0.15) is 5.75 Å². The van der Waals surface area contributed by atoms with Gasteiger partial charge in [-0.3, -0.25) is 4.79 Å². The Morgan fingerprint density at radius 1 is 1.24 bits per heavy atom. The van der Waals surface area contributed by atoms with Crippen LogP contribution < -0.4 is 15.4 Å². The minimum absolute atomic E-state index is 0.0887. The molecular weight excluding hydrogens is 264 g/mol. The fourth-order valence-corrected chi connectivity index (χ4v) is 2.27. The van der Waals surface area contributed by atoms with Crippen LogP contribution in [0.15, 0.2) is 42.5 Å². The Morgan fingerprint density at radius 2 is 1.95 bits per heavy atom. The van der Waals surface area contributed by atoms with Crippen LogP contribution in [-0.2, 0) is 6.54 Å². The van der Waals surface area contributed by atoms with E-state index in [2.05, 4.69) is 0 Å². The summed E-state index contributed by atoms with van der Waals surface area (Å²) >= 11 is 0. The van der Waals surface area contributed by atoms with Crippen molar-refractivity contribution in [3.05, 3.63) is 59.2 Å². The molecular formula is C17H20N2O2. The second-order valence-corrected chi connectivity index (χ2v) is 4.88. The average Bonchev–Trinajstić information content (AvgIpc) is 2.53. The van der Waals surface area contributed by atoms with E-state index in [9.17, 15) is 4.79 Å². The number of carbonyl (C=O) groups is 1. The van der Waals surface area contributed by atoms with Crippen LogP contribution in [0.5, 0.6) is 5.75 Å². The Hall–Kier alpha value is -2.33. The van der Waals surface area contributed by atoms with Crippen LogP contribution in [0.2, 0.25) is 0 Å². The van der Waals surface area contributed by atoms with Gasteiger partial charge in [0.05, 0.1) is 7.11 Å². The van der Waals surface area contributed by atoms with E-state index in [0.717, 1.165) is 16.8 Å². The lowest BCUT2D eigenvalue weighted by Gasteiger charge is -2.20. The highest BCUT2D eigenvalue weighted by Gasteiger charge is 2.16. The molecule has 2 N–H and O–H groups in total. The van der Waals surface area contributed by atoms with Gasteiger partial charge in [-0.05, 0) is 36.2 Å². The maximum atomic E-state index is 12.6. The monoisotopic (exact) mass is 284 g/mol. The van der Waals surface area contributed by atoms with Crippen molar-refractivity contribution in [3.8, 4) is 5.75 Å². The Bertz CT molecular complexity index is 653. The van der Waals surface area contributed by atoms with Crippen molar-refractivity contribution in [2.75, 3.05) is 19.1 Å². The summed E-state index contributed by atoms with van der Waals surface area (Å²) in [6, 6.07) is 13.1. The van der Waals surface area contributed by atoms with Crippen molar-refractivity contribution in [2.45, 2.75) is 13.5 Å². The molecule has 0 spiro atoms. The maximum Gasteiger partial charge on any atom is 0.258 e. The standard InChI is InChI=1S/C17H20N2O2/c1-12-8-9-13(10-16(12)21-3)17(20)19(2)15-7-5-4-6-14(15)11-18/h4-10H,11,18H2,1-3H3. The van der Waals surface area contributed by atoms with Crippen LogP contribution in [0.25, 0.3) is 0 Å². The van der Waals surface area contributed by atoms with E-state index in [1.54, 1.807) is 25.1 Å². The minimum atomic E-state index is -0.0887. The van der Waals surface area contributed by atoms with Gasteiger partial charge in [-0.25, -0.2) is 0 Å². The molecule has 0 aliphatic heterocycles. The summed E-state index contributed by atoms with van der Waals surface area (Å²) in [7, 11) is 3.35. The molecule has 0 heterocycles. The van der Waals surface area contributed by atoms with Crippen molar-refractivity contribution >= 4 is 11.6 Å². The Morgan fingerprint density at radius 3 is 2.62 bits per heavy atom. The summed E-state index contributed by atoms with van der Waals surface area (Å²) in [5.41, 5.74) is 9.08. The highest BCUT2D eigenvalue weighted by molar-refractivity contribution is 6.06. The van der Waals surface area contributed by atoms with Gasteiger partial charge in [-0.15, -0.1) is 0 Å². The summed E-state index contributed by atoms with van der Waals surface area (Å²) in [5.74, 6) is 0.621. The third-order valence-electron chi connectivity index (χ3n) is 3.53. The van der Waals surface area contributed by atoms with Crippen molar-refractivity contribution in [1.82, 2.24) is 0 Å². The van der Waals surface area contributed by atoms with Gasteiger partial charge in [-0.2, -0.15) is 0 Å². The molecule has 2 rings (SSSR count). The topological polar surface area (TPSA) is 55.6 Å². The molecule has 0 saturated carbocycles. The fraction of sp³-hybridized carbons (Fsp3) is 0.235. The molecule has 0 aliphatic carbocycles. The quantitative estimate of drug-likeness (QED) is 0.939. The van der Waals surface area contributed by atoms with E-state index in [0.29, 0.717) is 17.9 Å². The first kappa shape index (κ1) is 15.1. The van der Waals surface area contributed by atoms with Gasteiger partial charge in [0, 0.05) is 24.8 Å². The lowest BCUT2D eigenvalue weighted by atomic mass is 10.1. The number of nitrogens with two attached hydrogens (primary N) is 1. The molecule has 0 fully saturated rings. The van der Waals surface area contributed by atoms with Gasteiger partial charge in [-0.1, -0.05) is 24.3 Å². The highest BCUT2D eigenvalue weighted by atomic mass is 16.5. The number of hydrogen-bond donors (Lipinski definition) is 1. The van der Waals surface area contributed by atoms with Crippen molar-refractivity contribution < 1.29 is 9.53 Å². The molecule has 0 aliphatic rings. The fourth-order valence-electron chi connectivity index (χ4n) is 2.27.